The molecular formula is C24H39NO2Si. The van der Waals surface area contributed by atoms with E-state index in [2.05, 4.69) is 82.9 Å². The van der Waals surface area contributed by atoms with Gasteiger partial charge in [0.25, 0.3) is 0 Å². The molecule has 0 saturated heterocycles. The van der Waals surface area contributed by atoms with Crippen molar-refractivity contribution in [2.24, 2.45) is 0 Å². The molecule has 3 nitrogen and oxygen atoms in total. The largest absolute Gasteiger partial charge is 0.416 e. The van der Waals surface area contributed by atoms with Crippen molar-refractivity contribution in [3.05, 3.63) is 48.0 Å². The Morgan fingerprint density at radius 1 is 1.07 bits per heavy atom. The number of hydrogen-bond acceptors (Lipinski definition) is 3. The number of carbonyl (C=O) groups excluding carboxylic acids is 1. The van der Waals surface area contributed by atoms with Crippen molar-refractivity contribution in [1.29, 1.82) is 0 Å². The van der Waals surface area contributed by atoms with Crippen LogP contribution in [0.15, 0.2) is 42.5 Å². The Morgan fingerprint density at radius 2 is 1.68 bits per heavy atom. The Morgan fingerprint density at radius 3 is 2.21 bits per heavy atom. The fourth-order valence-electron chi connectivity index (χ4n) is 5.15. The summed E-state index contributed by atoms with van der Waals surface area (Å²) in [7, 11) is -1.85. The minimum absolute atomic E-state index is 0.0440. The number of rotatable bonds is 10. The van der Waals surface area contributed by atoms with Crippen molar-refractivity contribution < 1.29 is 9.22 Å². The third-order valence-corrected chi connectivity index (χ3v) is 12.5. The first-order valence-electron chi connectivity index (χ1n) is 10.9. The van der Waals surface area contributed by atoms with E-state index in [1.54, 1.807) is 0 Å². The second kappa shape index (κ2) is 10.5. The molecule has 0 saturated carbocycles. The van der Waals surface area contributed by atoms with E-state index in [4.69, 9.17) is 4.43 Å². The van der Waals surface area contributed by atoms with Crippen LogP contribution in [0.1, 0.15) is 59.9 Å². The quantitative estimate of drug-likeness (QED) is 0.275. The average molecular weight is 402 g/mol. The van der Waals surface area contributed by atoms with Crippen molar-refractivity contribution in [2.45, 2.75) is 89.6 Å². The monoisotopic (exact) mass is 401 g/mol. The summed E-state index contributed by atoms with van der Waals surface area (Å²) in [5, 5.41) is 0. The zero-order chi connectivity index (χ0) is 20.7. The second-order valence-corrected chi connectivity index (χ2v) is 14.5. The van der Waals surface area contributed by atoms with Gasteiger partial charge >= 0.3 is 0 Å². The predicted octanol–water partition coefficient (Wildman–Crippen LogP) is 5.97. The number of aldehydes is 1. The molecule has 4 heteroatoms. The summed E-state index contributed by atoms with van der Waals surface area (Å²) < 4.78 is 6.77. The van der Waals surface area contributed by atoms with E-state index in [0.29, 0.717) is 16.6 Å². The van der Waals surface area contributed by atoms with Gasteiger partial charge in [-0.05, 0) is 35.0 Å². The lowest BCUT2D eigenvalue weighted by Crippen LogP contribution is -2.49. The Hall–Kier alpha value is -1.23. The molecule has 1 aromatic carbocycles. The Bertz CT molecular complexity index is 605. The van der Waals surface area contributed by atoms with Gasteiger partial charge in [-0.15, -0.1) is 0 Å². The highest BCUT2D eigenvalue weighted by atomic mass is 28.4. The highest BCUT2D eigenvalue weighted by Gasteiger charge is 2.45. The number of benzene rings is 1. The summed E-state index contributed by atoms with van der Waals surface area (Å²) in [4.78, 5) is 14.0. The predicted molar refractivity (Wildman–Crippen MR) is 121 cm³/mol. The first kappa shape index (κ1) is 23.0. The number of nitrogens with zero attached hydrogens (tertiary/aromatic N) is 1. The molecule has 0 aromatic heterocycles. The minimum Gasteiger partial charge on any atom is -0.416 e. The molecule has 0 bridgehead atoms. The van der Waals surface area contributed by atoms with Gasteiger partial charge in [0.1, 0.15) is 6.29 Å². The summed E-state index contributed by atoms with van der Waals surface area (Å²) in [6.45, 7) is 15.6. The second-order valence-electron chi connectivity index (χ2n) is 9.05. The van der Waals surface area contributed by atoms with Gasteiger partial charge in [0, 0.05) is 19.2 Å². The molecule has 0 radical (unpaired) electrons. The van der Waals surface area contributed by atoms with E-state index in [0.717, 1.165) is 32.3 Å². The smallest absolute Gasteiger partial charge is 0.200 e. The van der Waals surface area contributed by atoms with E-state index < -0.39 is 8.32 Å². The Kier molecular flexibility index (Phi) is 8.66. The van der Waals surface area contributed by atoms with E-state index in [1.807, 2.05) is 6.07 Å². The topological polar surface area (TPSA) is 29.5 Å². The molecule has 1 heterocycles. The molecular weight excluding hydrogens is 362 g/mol. The van der Waals surface area contributed by atoms with Gasteiger partial charge in [0.05, 0.1) is 6.04 Å². The van der Waals surface area contributed by atoms with Crippen LogP contribution in [-0.2, 0) is 15.8 Å². The molecule has 2 atom stereocenters. The summed E-state index contributed by atoms with van der Waals surface area (Å²) >= 11 is 0. The van der Waals surface area contributed by atoms with Gasteiger partial charge in [-0.25, -0.2) is 0 Å². The van der Waals surface area contributed by atoms with Crippen LogP contribution in [0.25, 0.3) is 0 Å². The van der Waals surface area contributed by atoms with E-state index >= 15 is 0 Å². The maximum atomic E-state index is 11.7. The summed E-state index contributed by atoms with van der Waals surface area (Å²) in [6, 6.07) is 10.7. The minimum atomic E-state index is -1.85. The van der Waals surface area contributed by atoms with Crippen LogP contribution in [0.5, 0.6) is 0 Å². The van der Waals surface area contributed by atoms with Crippen molar-refractivity contribution >= 4 is 14.6 Å². The van der Waals surface area contributed by atoms with Gasteiger partial charge in [0.2, 0.25) is 0 Å². The molecule has 0 amide bonds. The van der Waals surface area contributed by atoms with Crippen LogP contribution in [-0.4, -0.2) is 38.2 Å². The maximum absolute atomic E-state index is 11.7. The lowest BCUT2D eigenvalue weighted by Gasteiger charge is -2.43. The van der Waals surface area contributed by atoms with Gasteiger partial charge in [-0.3, -0.25) is 4.90 Å². The third-order valence-electron chi connectivity index (χ3n) is 6.43. The number of hydrogen-bond donors (Lipinski definition) is 0. The molecule has 28 heavy (non-hydrogen) atoms. The number of carbonyl (C=O) groups is 1. The molecule has 156 valence electrons. The fraction of sp³-hybridized carbons (Fsp3) is 0.625. The summed E-state index contributed by atoms with van der Waals surface area (Å²) in [5.41, 5.74) is 3.04. The molecule has 0 aliphatic carbocycles. The highest BCUT2D eigenvalue weighted by molar-refractivity contribution is 6.77. The Labute approximate surface area is 173 Å². The molecule has 2 rings (SSSR count). The lowest BCUT2D eigenvalue weighted by molar-refractivity contribution is -0.113. The average Bonchev–Trinajstić information content (AvgIpc) is 2.66. The maximum Gasteiger partial charge on any atom is 0.200 e. The SMILES string of the molecule is CC(C)[Si](OCC[C@H]1C=CC[C@@H](C=O)N1Cc1ccccc1)(C(C)C)C(C)C. The van der Waals surface area contributed by atoms with Gasteiger partial charge < -0.3 is 9.22 Å². The van der Waals surface area contributed by atoms with Crippen molar-refractivity contribution in [2.75, 3.05) is 6.61 Å². The van der Waals surface area contributed by atoms with Crippen molar-refractivity contribution in [3.8, 4) is 0 Å². The normalized spacial score (nSPS) is 21.0. The molecule has 1 aliphatic rings. The molecule has 0 fully saturated rings. The Balaban J connectivity index is 2.10. The molecule has 1 aliphatic heterocycles. The van der Waals surface area contributed by atoms with E-state index in [1.165, 1.54) is 5.56 Å². The summed E-state index contributed by atoms with van der Waals surface area (Å²) in [5.74, 6) is 0. The molecule has 0 N–H and O–H groups in total. The van der Waals surface area contributed by atoms with E-state index in [9.17, 15) is 4.79 Å². The fourth-order valence-corrected chi connectivity index (χ4v) is 10.6. The standard InChI is InChI=1S/C24H39NO2Si/c1-19(2)28(20(3)4,21(5)6)27-16-15-23-13-10-14-24(18-26)25(23)17-22-11-8-7-9-12-22/h7-13,18-21,23-24H,14-17H2,1-6H3/t23-,24+/m1/s1. The van der Waals surface area contributed by atoms with Gasteiger partial charge in [0.15, 0.2) is 8.32 Å². The van der Waals surface area contributed by atoms with Crippen LogP contribution in [0.3, 0.4) is 0 Å². The molecule has 0 spiro atoms. The first-order chi connectivity index (χ1) is 13.3. The van der Waals surface area contributed by atoms with E-state index in [-0.39, 0.29) is 12.1 Å². The van der Waals surface area contributed by atoms with Crippen LogP contribution in [0, 0.1) is 0 Å². The highest BCUT2D eigenvalue weighted by Crippen LogP contribution is 2.42. The van der Waals surface area contributed by atoms with Crippen molar-refractivity contribution in [3.63, 3.8) is 0 Å². The van der Waals surface area contributed by atoms with Crippen LogP contribution in [0.4, 0.5) is 0 Å². The first-order valence-corrected chi connectivity index (χ1v) is 13.0. The zero-order valence-electron chi connectivity index (χ0n) is 18.6. The lowest BCUT2D eigenvalue weighted by atomic mass is 10.00. The van der Waals surface area contributed by atoms with Gasteiger partial charge in [-0.2, -0.15) is 0 Å². The summed E-state index contributed by atoms with van der Waals surface area (Å²) in [6.07, 6.45) is 7.29. The van der Waals surface area contributed by atoms with Crippen molar-refractivity contribution in [1.82, 2.24) is 4.90 Å². The van der Waals surface area contributed by atoms with Crippen LogP contribution >= 0.6 is 0 Å². The van der Waals surface area contributed by atoms with Gasteiger partial charge in [-0.1, -0.05) is 84.0 Å². The zero-order valence-corrected chi connectivity index (χ0v) is 19.6. The molecule has 1 aromatic rings. The van der Waals surface area contributed by atoms with Crippen LogP contribution < -0.4 is 0 Å². The van der Waals surface area contributed by atoms with Crippen LogP contribution in [0.2, 0.25) is 16.6 Å². The molecule has 0 unspecified atom stereocenters. The third kappa shape index (κ3) is 5.22.